The van der Waals surface area contributed by atoms with Gasteiger partial charge < -0.3 is 5.73 Å². The molecule has 1 aromatic carbocycles. The monoisotopic (exact) mass is 215 g/mol. The molecule has 2 aromatic heterocycles. The number of nitrogens with zero attached hydrogens (tertiary/aromatic N) is 2. The van der Waals surface area contributed by atoms with E-state index < -0.39 is 0 Å². The van der Waals surface area contributed by atoms with Crippen LogP contribution in [0.5, 0.6) is 0 Å². The SMILES string of the molecule is Cc1nc2c(N)nc3ccccc3c2s1. The molecule has 0 amide bonds. The molecule has 0 saturated carbocycles. The van der Waals surface area contributed by atoms with Gasteiger partial charge in [-0.05, 0) is 13.0 Å². The number of para-hydroxylation sites is 1. The molecule has 2 heterocycles. The van der Waals surface area contributed by atoms with E-state index in [1.807, 2.05) is 25.1 Å². The summed E-state index contributed by atoms with van der Waals surface area (Å²) in [6.45, 7) is 1.98. The molecule has 0 spiro atoms. The zero-order chi connectivity index (χ0) is 10.4. The van der Waals surface area contributed by atoms with E-state index in [0.717, 1.165) is 26.1 Å². The summed E-state index contributed by atoms with van der Waals surface area (Å²) in [5.74, 6) is 0.521. The zero-order valence-electron chi connectivity index (χ0n) is 8.19. The van der Waals surface area contributed by atoms with Crippen molar-refractivity contribution in [2.24, 2.45) is 0 Å². The number of nitrogen functional groups attached to an aromatic ring is 1. The number of hydrogen-bond donors (Lipinski definition) is 1. The average molecular weight is 215 g/mol. The highest BCUT2D eigenvalue weighted by Crippen LogP contribution is 2.31. The minimum absolute atomic E-state index is 0.521. The first-order valence-corrected chi connectivity index (χ1v) is 5.49. The van der Waals surface area contributed by atoms with Crippen molar-refractivity contribution in [3.63, 3.8) is 0 Å². The number of benzene rings is 1. The van der Waals surface area contributed by atoms with Crippen LogP contribution in [0.3, 0.4) is 0 Å². The second-order valence-electron chi connectivity index (χ2n) is 3.42. The van der Waals surface area contributed by atoms with Gasteiger partial charge >= 0.3 is 0 Å². The zero-order valence-corrected chi connectivity index (χ0v) is 9.01. The first-order valence-electron chi connectivity index (χ1n) is 4.67. The van der Waals surface area contributed by atoms with Crippen LogP contribution < -0.4 is 5.73 Å². The molecule has 0 aliphatic carbocycles. The Hall–Kier alpha value is -1.68. The summed E-state index contributed by atoms with van der Waals surface area (Å²) < 4.78 is 1.13. The van der Waals surface area contributed by atoms with Gasteiger partial charge in [-0.2, -0.15) is 0 Å². The lowest BCUT2D eigenvalue weighted by atomic mass is 10.2. The number of aromatic nitrogens is 2. The van der Waals surface area contributed by atoms with E-state index in [-0.39, 0.29) is 0 Å². The molecule has 3 nitrogen and oxygen atoms in total. The molecule has 0 aliphatic heterocycles. The van der Waals surface area contributed by atoms with Crippen molar-refractivity contribution in [1.82, 2.24) is 9.97 Å². The summed E-state index contributed by atoms with van der Waals surface area (Å²) in [7, 11) is 0. The Morgan fingerprint density at radius 3 is 2.87 bits per heavy atom. The Morgan fingerprint density at radius 2 is 2.00 bits per heavy atom. The molecule has 0 radical (unpaired) electrons. The maximum atomic E-state index is 5.87. The first kappa shape index (κ1) is 8.61. The number of fused-ring (bicyclic) bond motifs is 3. The van der Waals surface area contributed by atoms with Crippen LogP contribution in [0.4, 0.5) is 5.82 Å². The molecule has 15 heavy (non-hydrogen) atoms. The smallest absolute Gasteiger partial charge is 0.151 e. The third-order valence-corrected chi connectivity index (χ3v) is 3.37. The van der Waals surface area contributed by atoms with E-state index in [0.29, 0.717) is 5.82 Å². The minimum Gasteiger partial charge on any atom is -0.382 e. The second kappa shape index (κ2) is 2.90. The fourth-order valence-corrected chi connectivity index (χ4v) is 2.69. The molecule has 3 aromatic rings. The number of aryl methyl sites for hydroxylation is 1. The van der Waals surface area contributed by atoms with Gasteiger partial charge in [0.05, 0.1) is 15.2 Å². The highest BCUT2D eigenvalue weighted by atomic mass is 32.1. The molecular formula is C11H9N3S. The summed E-state index contributed by atoms with van der Waals surface area (Å²) in [5, 5.41) is 2.15. The van der Waals surface area contributed by atoms with E-state index in [1.54, 1.807) is 11.3 Å². The molecule has 2 N–H and O–H groups in total. The van der Waals surface area contributed by atoms with Gasteiger partial charge in [0.1, 0.15) is 5.52 Å². The van der Waals surface area contributed by atoms with Gasteiger partial charge in [-0.25, -0.2) is 9.97 Å². The van der Waals surface area contributed by atoms with Crippen molar-refractivity contribution in [3.05, 3.63) is 29.3 Å². The van der Waals surface area contributed by atoms with Crippen molar-refractivity contribution in [2.45, 2.75) is 6.92 Å². The highest BCUT2D eigenvalue weighted by molar-refractivity contribution is 7.19. The average Bonchev–Trinajstić information content (AvgIpc) is 2.61. The van der Waals surface area contributed by atoms with Crippen molar-refractivity contribution in [3.8, 4) is 0 Å². The third-order valence-electron chi connectivity index (χ3n) is 2.37. The molecule has 0 fully saturated rings. The quantitative estimate of drug-likeness (QED) is 0.627. The van der Waals surface area contributed by atoms with Crippen LogP contribution in [-0.2, 0) is 0 Å². The summed E-state index contributed by atoms with van der Waals surface area (Å²) in [5.41, 5.74) is 7.63. The maximum Gasteiger partial charge on any atom is 0.151 e. The van der Waals surface area contributed by atoms with Crippen molar-refractivity contribution < 1.29 is 0 Å². The van der Waals surface area contributed by atoms with Crippen LogP contribution in [0, 0.1) is 6.92 Å². The molecule has 0 saturated heterocycles. The van der Waals surface area contributed by atoms with Gasteiger partial charge in [-0.3, -0.25) is 0 Å². The summed E-state index contributed by atoms with van der Waals surface area (Å²) in [6, 6.07) is 8.01. The molecule has 74 valence electrons. The summed E-state index contributed by atoms with van der Waals surface area (Å²) in [6.07, 6.45) is 0. The number of anilines is 1. The van der Waals surface area contributed by atoms with Crippen LogP contribution in [0.2, 0.25) is 0 Å². The van der Waals surface area contributed by atoms with E-state index in [9.17, 15) is 0 Å². The molecule has 0 atom stereocenters. The Balaban J connectivity index is 2.63. The predicted octanol–water partition coefficient (Wildman–Crippen LogP) is 2.74. The van der Waals surface area contributed by atoms with Gasteiger partial charge in [0.25, 0.3) is 0 Å². The molecule has 0 aliphatic rings. The van der Waals surface area contributed by atoms with Gasteiger partial charge in [0.15, 0.2) is 5.82 Å². The van der Waals surface area contributed by atoms with E-state index in [2.05, 4.69) is 16.0 Å². The molecule has 0 bridgehead atoms. The Kier molecular flexibility index (Phi) is 1.67. The number of rotatable bonds is 0. The third kappa shape index (κ3) is 1.18. The van der Waals surface area contributed by atoms with Gasteiger partial charge in [-0.15, -0.1) is 11.3 Å². The number of thiazole rings is 1. The van der Waals surface area contributed by atoms with Gasteiger partial charge in [-0.1, -0.05) is 18.2 Å². The van der Waals surface area contributed by atoms with Gasteiger partial charge in [0.2, 0.25) is 0 Å². The fraction of sp³-hybridized carbons (Fsp3) is 0.0909. The maximum absolute atomic E-state index is 5.87. The number of nitrogens with two attached hydrogens (primary N) is 1. The predicted molar refractivity (Wildman–Crippen MR) is 64.1 cm³/mol. The molecule has 4 heteroatoms. The number of hydrogen-bond acceptors (Lipinski definition) is 4. The van der Waals surface area contributed by atoms with Crippen molar-refractivity contribution in [2.75, 3.05) is 5.73 Å². The summed E-state index contributed by atoms with van der Waals surface area (Å²) >= 11 is 1.66. The molecule has 3 rings (SSSR count). The molecule has 0 unspecified atom stereocenters. The fourth-order valence-electron chi connectivity index (χ4n) is 1.73. The van der Waals surface area contributed by atoms with Crippen molar-refractivity contribution in [1.29, 1.82) is 0 Å². The van der Waals surface area contributed by atoms with Crippen LogP contribution >= 0.6 is 11.3 Å². The van der Waals surface area contributed by atoms with Crippen LogP contribution in [0.15, 0.2) is 24.3 Å². The standard InChI is InChI=1S/C11H9N3S/c1-6-13-9-10(15-6)7-4-2-3-5-8(7)14-11(9)12/h2-5H,1H3,(H2,12,14). The first-order chi connectivity index (χ1) is 7.25. The number of pyridine rings is 1. The second-order valence-corrected chi connectivity index (χ2v) is 4.63. The van der Waals surface area contributed by atoms with Crippen LogP contribution in [0.25, 0.3) is 21.1 Å². The lowest BCUT2D eigenvalue weighted by molar-refractivity contribution is 1.33. The van der Waals surface area contributed by atoms with Gasteiger partial charge in [0, 0.05) is 5.39 Å². The largest absolute Gasteiger partial charge is 0.382 e. The summed E-state index contributed by atoms with van der Waals surface area (Å²) in [4.78, 5) is 8.73. The van der Waals surface area contributed by atoms with E-state index in [4.69, 9.17) is 5.73 Å². The Labute approximate surface area is 90.6 Å². The lowest BCUT2D eigenvalue weighted by Gasteiger charge is -1.99. The molecular weight excluding hydrogens is 206 g/mol. The Bertz CT molecular complexity index is 657. The van der Waals surface area contributed by atoms with Crippen LogP contribution in [0.1, 0.15) is 5.01 Å². The van der Waals surface area contributed by atoms with E-state index in [1.165, 1.54) is 0 Å². The highest BCUT2D eigenvalue weighted by Gasteiger charge is 2.09. The topological polar surface area (TPSA) is 51.8 Å². The van der Waals surface area contributed by atoms with Crippen molar-refractivity contribution >= 4 is 38.3 Å². The minimum atomic E-state index is 0.521. The van der Waals surface area contributed by atoms with Crippen LogP contribution in [-0.4, -0.2) is 9.97 Å². The van der Waals surface area contributed by atoms with E-state index >= 15 is 0 Å². The normalized spacial score (nSPS) is 11.3. The lowest BCUT2D eigenvalue weighted by Crippen LogP contribution is -1.92. The Morgan fingerprint density at radius 1 is 1.20 bits per heavy atom.